The summed E-state index contributed by atoms with van der Waals surface area (Å²) in [5.41, 5.74) is 3.14. The zero-order valence-corrected chi connectivity index (χ0v) is 13.8. The molecule has 0 radical (unpaired) electrons. The smallest absolute Gasteiger partial charge is 0.127 e. The van der Waals surface area contributed by atoms with Gasteiger partial charge in [0, 0.05) is 5.56 Å². The van der Waals surface area contributed by atoms with Crippen molar-refractivity contribution in [3.63, 3.8) is 0 Å². The van der Waals surface area contributed by atoms with Crippen LogP contribution in [0.1, 0.15) is 10.4 Å². The molecule has 0 bridgehead atoms. The largest absolute Gasteiger partial charge is 0.507 e. The van der Waals surface area contributed by atoms with E-state index in [0.29, 0.717) is 15.8 Å². The quantitative estimate of drug-likeness (QED) is 0.528. The fraction of sp³-hybridized carbons (Fsp3) is 0. The number of nitrogens with zero attached hydrogens (tertiary/aromatic N) is 2. The van der Waals surface area contributed by atoms with E-state index in [4.69, 9.17) is 4.99 Å². The number of hydrogen-bond donors (Lipinski definition) is 1. The molecule has 6 rings (SSSR count). The van der Waals surface area contributed by atoms with E-state index < -0.39 is 10.8 Å². The van der Waals surface area contributed by atoms with E-state index in [0.717, 1.165) is 37.0 Å². The van der Waals surface area contributed by atoms with E-state index in [9.17, 15) is 9.32 Å². The molecule has 4 nitrogen and oxygen atoms in total. The molecule has 2 aromatic heterocycles. The Hall–Kier alpha value is -2.09. The Morgan fingerprint density at radius 2 is 1.87 bits per heavy atom. The van der Waals surface area contributed by atoms with Crippen molar-refractivity contribution in [2.45, 2.75) is 4.90 Å². The Bertz CT molecular complexity index is 1250. The molecule has 110 valence electrons. The topological polar surface area (TPSA) is 62.0 Å². The van der Waals surface area contributed by atoms with E-state index >= 15 is 0 Å². The van der Waals surface area contributed by atoms with Gasteiger partial charge in [0.2, 0.25) is 0 Å². The molecule has 0 aliphatic carbocycles. The van der Waals surface area contributed by atoms with Gasteiger partial charge in [-0.1, -0.05) is 0 Å². The third-order valence-electron chi connectivity index (χ3n) is 4.27. The highest BCUT2D eigenvalue weighted by Gasteiger charge is 2.38. The van der Waals surface area contributed by atoms with Crippen LogP contribution >= 0.6 is 22.7 Å². The SMILES string of the molecule is O=S1C2=C(N=c3c2c(O)cc2c3=Nc3ccsc3-2)c2sccc21. The molecule has 1 unspecified atom stereocenters. The predicted molar refractivity (Wildman–Crippen MR) is 90.9 cm³/mol. The predicted octanol–water partition coefficient (Wildman–Crippen LogP) is 3.03. The molecule has 0 saturated heterocycles. The normalized spacial score (nSPS) is 18.9. The lowest BCUT2D eigenvalue weighted by molar-refractivity contribution is 0.473. The minimum atomic E-state index is -1.28. The monoisotopic (exact) mass is 354 g/mol. The van der Waals surface area contributed by atoms with E-state index in [1.54, 1.807) is 17.4 Å². The molecule has 0 saturated carbocycles. The average molecular weight is 354 g/mol. The van der Waals surface area contributed by atoms with Crippen LogP contribution in [0.2, 0.25) is 0 Å². The second-order valence-corrected chi connectivity index (χ2v) is 8.65. The van der Waals surface area contributed by atoms with Gasteiger partial charge in [-0.3, -0.25) is 0 Å². The summed E-state index contributed by atoms with van der Waals surface area (Å²) in [5.74, 6) is 0.132. The van der Waals surface area contributed by atoms with Crippen molar-refractivity contribution in [3.05, 3.63) is 50.1 Å². The number of phenols is 1. The Balaban J connectivity index is 1.76. The molecule has 0 fully saturated rings. The summed E-state index contributed by atoms with van der Waals surface area (Å²) in [6.07, 6.45) is 0. The van der Waals surface area contributed by atoms with Crippen LogP contribution in [-0.2, 0) is 10.8 Å². The van der Waals surface area contributed by atoms with Gasteiger partial charge in [0.15, 0.2) is 0 Å². The van der Waals surface area contributed by atoms with Gasteiger partial charge < -0.3 is 5.11 Å². The van der Waals surface area contributed by atoms with Crippen LogP contribution in [0.3, 0.4) is 0 Å². The molecule has 0 amide bonds. The van der Waals surface area contributed by atoms with Gasteiger partial charge in [-0.2, -0.15) is 0 Å². The highest BCUT2D eigenvalue weighted by Crippen LogP contribution is 2.49. The highest BCUT2D eigenvalue weighted by atomic mass is 32.2. The Kier molecular flexibility index (Phi) is 2.08. The molecular formula is C16H6N2O2S3. The van der Waals surface area contributed by atoms with Crippen molar-refractivity contribution in [2.24, 2.45) is 9.98 Å². The van der Waals surface area contributed by atoms with Crippen LogP contribution in [0.4, 0.5) is 5.69 Å². The van der Waals surface area contributed by atoms with E-state index in [2.05, 4.69) is 4.99 Å². The number of benzene rings is 1. The standard InChI is InChI=1S/C16H6N2O2S3/c19-8-5-6-11(17-7-1-3-21-14(6)7)12-10(8)16-13(18-12)15-9(23(16)20)2-4-22-15/h1-5,19H. The van der Waals surface area contributed by atoms with Crippen molar-refractivity contribution in [1.29, 1.82) is 0 Å². The Labute approximate surface area is 140 Å². The average Bonchev–Trinajstić information content (AvgIpc) is 3.28. The summed E-state index contributed by atoms with van der Waals surface area (Å²) >= 11 is 3.14. The maximum atomic E-state index is 12.8. The number of aromatic hydroxyl groups is 1. The zero-order valence-electron chi connectivity index (χ0n) is 11.4. The summed E-state index contributed by atoms with van der Waals surface area (Å²) in [7, 11) is -1.28. The summed E-state index contributed by atoms with van der Waals surface area (Å²) in [6.45, 7) is 0. The first kappa shape index (κ1) is 12.3. The number of fused-ring (bicyclic) bond motifs is 8. The summed E-state index contributed by atoms with van der Waals surface area (Å²) in [4.78, 5) is 12.8. The van der Waals surface area contributed by atoms with Crippen LogP contribution in [0, 0.1) is 0 Å². The lowest BCUT2D eigenvalue weighted by Gasteiger charge is -2.04. The highest BCUT2D eigenvalue weighted by molar-refractivity contribution is 7.95. The minimum absolute atomic E-state index is 0.132. The molecule has 3 aromatic rings. The molecule has 0 spiro atoms. The first-order chi connectivity index (χ1) is 11.2. The van der Waals surface area contributed by atoms with Crippen LogP contribution in [0.5, 0.6) is 5.75 Å². The van der Waals surface area contributed by atoms with Crippen molar-refractivity contribution in [3.8, 4) is 16.2 Å². The van der Waals surface area contributed by atoms with Crippen molar-refractivity contribution in [2.75, 3.05) is 0 Å². The molecule has 3 aliphatic rings. The Morgan fingerprint density at radius 1 is 1.04 bits per heavy atom. The van der Waals surface area contributed by atoms with E-state index in [1.807, 2.05) is 22.9 Å². The van der Waals surface area contributed by atoms with Crippen LogP contribution in [0.15, 0.2) is 43.8 Å². The first-order valence-electron chi connectivity index (χ1n) is 6.89. The second kappa shape index (κ2) is 3.87. The molecular weight excluding hydrogens is 348 g/mol. The lowest BCUT2D eigenvalue weighted by atomic mass is 10.1. The summed E-state index contributed by atoms with van der Waals surface area (Å²) in [6, 6.07) is 5.57. The first-order valence-corrected chi connectivity index (χ1v) is 9.80. The van der Waals surface area contributed by atoms with Gasteiger partial charge >= 0.3 is 0 Å². The van der Waals surface area contributed by atoms with Gasteiger partial charge in [-0.05, 0) is 29.0 Å². The van der Waals surface area contributed by atoms with Gasteiger partial charge in [0.1, 0.15) is 11.1 Å². The van der Waals surface area contributed by atoms with Crippen LogP contribution in [-0.4, -0.2) is 9.32 Å². The lowest BCUT2D eigenvalue weighted by Crippen LogP contribution is -2.28. The summed E-state index contributed by atoms with van der Waals surface area (Å²) in [5, 5.41) is 15.9. The van der Waals surface area contributed by atoms with Gasteiger partial charge in [-0.25, -0.2) is 14.2 Å². The van der Waals surface area contributed by atoms with Crippen molar-refractivity contribution >= 4 is 49.8 Å². The molecule has 3 aliphatic heterocycles. The van der Waals surface area contributed by atoms with E-state index in [1.165, 1.54) is 11.3 Å². The minimum Gasteiger partial charge on any atom is -0.507 e. The number of hydrogen-bond acceptors (Lipinski definition) is 6. The second-order valence-electron chi connectivity index (χ2n) is 5.43. The van der Waals surface area contributed by atoms with Crippen LogP contribution < -0.4 is 10.7 Å². The number of rotatable bonds is 0. The van der Waals surface area contributed by atoms with Gasteiger partial charge in [0.25, 0.3) is 0 Å². The number of thiophene rings is 2. The van der Waals surface area contributed by atoms with Crippen LogP contribution in [0.25, 0.3) is 21.0 Å². The molecule has 7 heteroatoms. The Morgan fingerprint density at radius 3 is 2.78 bits per heavy atom. The molecule has 1 N–H and O–H groups in total. The number of phenolic OH excluding ortho intramolecular Hbond substituents is 1. The zero-order chi connectivity index (χ0) is 15.3. The van der Waals surface area contributed by atoms with Crippen molar-refractivity contribution in [1.82, 2.24) is 0 Å². The van der Waals surface area contributed by atoms with Gasteiger partial charge in [-0.15, -0.1) is 22.7 Å². The molecule has 23 heavy (non-hydrogen) atoms. The maximum absolute atomic E-state index is 12.8. The third kappa shape index (κ3) is 1.31. The van der Waals surface area contributed by atoms with Crippen molar-refractivity contribution < 1.29 is 9.32 Å². The maximum Gasteiger partial charge on any atom is 0.127 e. The fourth-order valence-electron chi connectivity index (χ4n) is 3.32. The molecule has 1 atom stereocenters. The fourth-order valence-corrected chi connectivity index (χ4v) is 6.86. The third-order valence-corrected chi connectivity index (χ3v) is 7.77. The summed E-state index contributed by atoms with van der Waals surface area (Å²) < 4.78 is 12.8. The molecule has 5 heterocycles. The van der Waals surface area contributed by atoms with E-state index in [-0.39, 0.29) is 5.75 Å². The molecule has 1 aromatic carbocycles. The van der Waals surface area contributed by atoms with Gasteiger partial charge in [0.05, 0.1) is 52.7 Å².